The average molecular weight is 345 g/mol. The van der Waals surface area contributed by atoms with Gasteiger partial charge in [-0.2, -0.15) is 0 Å². The second-order valence-corrected chi connectivity index (χ2v) is 7.26. The van der Waals surface area contributed by atoms with E-state index in [0.29, 0.717) is 17.1 Å². The Hall–Kier alpha value is -2.13. The van der Waals surface area contributed by atoms with Crippen LogP contribution in [0.1, 0.15) is 19.3 Å². The minimum Gasteiger partial charge on any atom is -0.345 e. The van der Waals surface area contributed by atoms with E-state index in [9.17, 15) is 4.79 Å². The largest absolute Gasteiger partial charge is 0.345 e. The molecule has 2 aliphatic rings. The molecule has 9 heteroatoms. The fraction of sp³-hybridized carbons (Fsp3) is 0.467. The van der Waals surface area contributed by atoms with Gasteiger partial charge >= 0.3 is 0 Å². The van der Waals surface area contributed by atoms with Crippen LogP contribution in [0.2, 0.25) is 0 Å². The molecular weight excluding hydrogens is 326 g/mol. The van der Waals surface area contributed by atoms with Gasteiger partial charge < -0.3 is 20.9 Å². The minimum atomic E-state index is -0.216. The number of hydrogen-bond donors (Lipinski definition) is 3. The Bertz CT molecular complexity index is 792. The second-order valence-electron chi connectivity index (χ2n) is 6.13. The molecule has 3 heterocycles. The van der Waals surface area contributed by atoms with Crippen LogP contribution in [0.4, 0.5) is 5.82 Å². The molecule has 126 valence electrons. The minimum absolute atomic E-state index is 0.0511. The van der Waals surface area contributed by atoms with Gasteiger partial charge in [0.2, 0.25) is 0 Å². The van der Waals surface area contributed by atoms with Crippen molar-refractivity contribution < 1.29 is 4.79 Å². The molecule has 2 aromatic heterocycles. The fourth-order valence-electron chi connectivity index (χ4n) is 3.04. The van der Waals surface area contributed by atoms with Crippen LogP contribution in [0.25, 0.3) is 11.2 Å². The third kappa shape index (κ3) is 2.63. The van der Waals surface area contributed by atoms with Gasteiger partial charge in [-0.05, 0) is 19.3 Å². The molecule has 1 amide bonds. The van der Waals surface area contributed by atoms with E-state index in [4.69, 9.17) is 5.73 Å². The Morgan fingerprint density at radius 3 is 3.04 bits per heavy atom. The van der Waals surface area contributed by atoms with Crippen LogP contribution in [-0.4, -0.2) is 50.2 Å². The topological polar surface area (TPSA) is 113 Å². The molecule has 8 nitrogen and oxygen atoms in total. The summed E-state index contributed by atoms with van der Waals surface area (Å²) in [5, 5.41) is 3.12. The summed E-state index contributed by atoms with van der Waals surface area (Å²) in [5.41, 5.74) is 7.02. The van der Waals surface area contributed by atoms with Crippen molar-refractivity contribution in [3.63, 3.8) is 0 Å². The Kier molecular flexibility index (Phi) is 3.89. The third-order valence-corrected chi connectivity index (χ3v) is 5.63. The molecule has 0 saturated heterocycles. The number of H-pyrrole nitrogens is 1. The highest BCUT2D eigenvalue weighted by atomic mass is 32.2. The molecule has 0 aromatic carbocycles. The maximum atomic E-state index is 12.6. The molecule has 0 unspecified atom stereocenters. The summed E-state index contributed by atoms with van der Waals surface area (Å²) in [6.45, 7) is 1.26. The number of carbonyl (C=O) groups is 1. The van der Waals surface area contributed by atoms with Crippen LogP contribution < -0.4 is 16.0 Å². The Balaban J connectivity index is 1.58. The highest BCUT2D eigenvalue weighted by Gasteiger charge is 2.38. The van der Waals surface area contributed by atoms with Crippen molar-refractivity contribution in [2.24, 2.45) is 5.73 Å². The number of rotatable bonds is 4. The number of carbonyl (C=O) groups excluding carboxylic acids is 1. The van der Waals surface area contributed by atoms with Gasteiger partial charge in [0.05, 0.1) is 16.8 Å². The monoisotopic (exact) mass is 345 g/mol. The first-order valence-electron chi connectivity index (χ1n) is 7.99. The SMILES string of the molecule is NCC1(NC(=O)C2=CN(c3ncnc4nc[nH]c34)CCS2)CCC1. The van der Waals surface area contributed by atoms with Crippen molar-refractivity contribution >= 4 is 34.7 Å². The second kappa shape index (κ2) is 6.06. The zero-order chi connectivity index (χ0) is 16.6. The number of anilines is 1. The lowest BCUT2D eigenvalue weighted by Gasteiger charge is -2.42. The van der Waals surface area contributed by atoms with Crippen molar-refractivity contribution in [1.82, 2.24) is 25.3 Å². The first-order chi connectivity index (χ1) is 11.7. The molecule has 0 spiro atoms. The Morgan fingerprint density at radius 2 is 2.29 bits per heavy atom. The highest BCUT2D eigenvalue weighted by molar-refractivity contribution is 8.04. The van der Waals surface area contributed by atoms with Crippen molar-refractivity contribution in [3.05, 3.63) is 23.8 Å². The van der Waals surface area contributed by atoms with E-state index in [1.807, 2.05) is 11.1 Å². The van der Waals surface area contributed by atoms with Crippen LogP contribution in [0, 0.1) is 0 Å². The first-order valence-corrected chi connectivity index (χ1v) is 8.97. The molecule has 2 aromatic rings. The molecule has 24 heavy (non-hydrogen) atoms. The Morgan fingerprint density at radius 1 is 1.42 bits per heavy atom. The summed E-state index contributed by atoms with van der Waals surface area (Å²) >= 11 is 1.56. The third-order valence-electron chi connectivity index (χ3n) is 4.64. The standard InChI is InChI=1S/C15H19N7OS/c16-7-15(2-1-3-15)21-14(23)10-6-22(4-5-24-10)13-11-12(18-8-17-11)19-9-20-13/h6,8-9H,1-5,7,16H2,(H,21,23)(H,17,18,19,20). The van der Waals surface area contributed by atoms with E-state index < -0.39 is 0 Å². The van der Waals surface area contributed by atoms with Crippen molar-refractivity contribution in [1.29, 1.82) is 0 Å². The number of nitrogens with two attached hydrogens (primary N) is 1. The highest BCUT2D eigenvalue weighted by Crippen LogP contribution is 2.33. The van der Waals surface area contributed by atoms with Gasteiger partial charge in [-0.1, -0.05) is 0 Å². The van der Waals surface area contributed by atoms with Crippen LogP contribution in [0.15, 0.2) is 23.8 Å². The molecule has 1 aliphatic carbocycles. The fourth-order valence-corrected chi connectivity index (χ4v) is 3.94. The molecule has 1 fully saturated rings. The zero-order valence-electron chi connectivity index (χ0n) is 13.2. The van der Waals surface area contributed by atoms with Crippen molar-refractivity contribution in [2.45, 2.75) is 24.8 Å². The number of nitrogens with zero attached hydrogens (tertiary/aromatic N) is 4. The van der Waals surface area contributed by atoms with E-state index >= 15 is 0 Å². The predicted molar refractivity (Wildman–Crippen MR) is 93.3 cm³/mol. The van der Waals surface area contributed by atoms with Gasteiger partial charge in [0, 0.05) is 25.0 Å². The number of aromatic nitrogens is 4. The molecular formula is C15H19N7OS. The lowest BCUT2D eigenvalue weighted by molar-refractivity contribution is -0.119. The lowest BCUT2D eigenvalue weighted by Crippen LogP contribution is -2.58. The summed E-state index contributed by atoms with van der Waals surface area (Å²) in [6, 6.07) is 0. The number of nitrogens with one attached hydrogen (secondary N) is 2. The molecule has 0 radical (unpaired) electrons. The van der Waals surface area contributed by atoms with E-state index in [0.717, 1.165) is 42.9 Å². The summed E-state index contributed by atoms with van der Waals surface area (Å²) in [4.78, 5) is 31.0. The quantitative estimate of drug-likeness (QED) is 0.749. The smallest absolute Gasteiger partial charge is 0.259 e. The van der Waals surface area contributed by atoms with Gasteiger partial charge in [-0.25, -0.2) is 15.0 Å². The van der Waals surface area contributed by atoms with E-state index in [1.54, 1.807) is 18.1 Å². The first kappa shape index (κ1) is 15.4. The van der Waals surface area contributed by atoms with Crippen molar-refractivity contribution in [3.8, 4) is 0 Å². The summed E-state index contributed by atoms with van der Waals surface area (Å²) in [7, 11) is 0. The van der Waals surface area contributed by atoms with E-state index in [1.165, 1.54) is 6.33 Å². The number of hydrogen-bond acceptors (Lipinski definition) is 7. The number of imidazole rings is 1. The van der Waals surface area contributed by atoms with Crippen LogP contribution >= 0.6 is 11.8 Å². The van der Waals surface area contributed by atoms with Gasteiger partial charge in [0.25, 0.3) is 5.91 Å². The Labute approximate surface area is 143 Å². The predicted octanol–water partition coefficient (Wildman–Crippen LogP) is 0.745. The molecule has 1 aliphatic heterocycles. The number of fused-ring (bicyclic) bond motifs is 1. The zero-order valence-corrected chi connectivity index (χ0v) is 14.0. The normalized spacial score (nSPS) is 19.7. The molecule has 4 N–H and O–H groups in total. The number of thioether (sulfide) groups is 1. The van der Waals surface area contributed by atoms with E-state index in [-0.39, 0.29) is 11.4 Å². The van der Waals surface area contributed by atoms with Gasteiger partial charge in [-0.15, -0.1) is 11.8 Å². The number of aromatic amines is 1. The summed E-state index contributed by atoms with van der Waals surface area (Å²) in [6.07, 6.45) is 7.98. The van der Waals surface area contributed by atoms with Crippen LogP contribution in [0.5, 0.6) is 0 Å². The maximum absolute atomic E-state index is 12.6. The molecule has 0 bridgehead atoms. The average Bonchev–Trinajstić information content (AvgIpc) is 3.06. The lowest BCUT2D eigenvalue weighted by atomic mass is 9.77. The molecule has 0 atom stereocenters. The van der Waals surface area contributed by atoms with Gasteiger partial charge in [0.15, 0.2) is 11.5 Å². The van der Waals surface area contributed by atoms with E-state index in [2.05, 4.69) is 25.3 Å². The molecule has 4 rings (SSSR count). The summed E-state index contributed by atoms with van der Waals surface area (Å²) in [5.74, 6) is 1.50. The van der Waals surface area contributed by atoms with Crippen LogP contribution in [-0.2, 0) is 4.79 Å². The summed E-state index contributed by atoms with van der Waals surface area (Å²) < 4.78 is 0. The van der Waals surface area contributed by atoms with Crippen LogP contribution in [0.3, 0.4) is 0 Å². The number of amides is 1. The van der Waals surface area contributed by atoms with Gasteiger partial charge in [-0.3, -0.25) is 4.79 Å². The maximum Gasteiger partial charge on any atom is 0.259 e. The van der Waals surface area contributed by atoms with Crippen molar-refractivity contribution in [2.75, 3.05) is 23.7 Å². The molecule has 1 saturated carbocycles. The van der Waals surface area contributed by atoms with Gasteiger partial charge in [0.1, 0.15) is 11.8 Å².